The van der Waals surface area contributed by atoms with E-state index in [1.807, 2.05) is 0 Å². The van der Waals surface area contributed by atoms with E-state index in [1.165, 1.54) is 0 Å². The van der Waals surface area contributed by atoms with Crippen LogP contribution in [0.25, 0.3) is 0 Å². The van der Waals surface area contributed by atoms with Gasteiger partial charge in [0, 0.05) is 32.2 Å². The van der Waals surface area contributed by atoms with E-state index in [2.05, 4.69) is 42.9 Å². The zero-order valence-electron chi connectivity index (χ0n) is 8.57. The maximum absolute atomic E-state index is 5.48. The highest BCUT2D eigenvalue weighted by Gasteiger charge is 1.93. The van der Waals surface area contributed by atoms with Gasteiger partial charge < -0.3 is 9.30 Å². The topological polar surface area (TPSA) is 14.2 Å². The van der Waals surface area contributed by atoms with Gasteiger partial charge in [-0.05, 0) is 24.5 Å². The highest BCUT2D eigenvalue weighted by molar-refractivity contribution is 4.89. The molecule has 1 aromatic rings. The lowest BCUT2D eigenvalue weighted by Crippen LogP contribution is -2.05. The lowest BCUT2D eigenvalue weighted by molar-refractivity contribution is 0.105. The first-order valence-corrected chi connectivity index (χ1v) is 4.97. The summed E-state index contributed by atoms with van der Waals surface area (Å²) in [7, 11) is 0. The van der Waals surface area contributed by atoms with E-state index in [-0.39, 0.29) is 0 Å². The van der Waals surface area contributed by atoms with Crippen LogP contribution < -0.4 is 0 Å². The third-order valence-corrected chi connectivity index (χ3v) is 1.82. The first-order chi connectivity index (χ1) is 6.29. The van der Waals surface area contributed by atoms with Crippen molar-refractivity contribution >= 4 is 0 Å². The average molecular weight is 181 g/mol. The van der Waals surface area contributed by atoms with E-state index >= 15 is 0 Å². The van der Waals surface area contributed by atoms with Crippen LogP contribution in [0.4, 0.5) is 0 Å². The van der Waals surface area contributed by atoms with E-state index in [0.717, 1.165) is 26.2 Å². The lowest BCUT2D eigenvalue weighted by Gasteiger charge is -2.06. The second-order valence-electron chi connectivity index (χ2n) is 3.74. The molecule has 0 spiro atoms. The molecule has 0 aliphatic carbocycles. The molecule has 2 nitrogen and oxygen atoms in total. The average Bonchev–Trinajstić information content (AvgIpc) is 2.55. The molecule has 0 aliphatic heterocycles. The molecule has 0 radical (unpaired) electrons. The quantitative estimate of drug-likeness (QED) is 0.615. The minimum absolute atomic E-state index is 0.645. The molecule has 0 saturated carbocycles. The Kier molecular flexibility index (Phi) is 4.61. The molecule has 0 unspecified atom stereocenters. The molecule has 13 heavy (non-hydrogen) atoms. The summed E-state index contributed by atoms with van der Waals surface area (Å²) in [5.74, 6) is 0.645. The van der Waals surface area contributed by atoms with Crippen LogP contribution in [0.15, 0.2) is 24.5 Å². The van der Waals surface area contributed by atoms with E-state index in [4.69, 9.17) is 4.74 Å². The van der Waals surface area contributed by atoms with Crippen LogP contribution in [0.5, 0.6) is 0 Å². The molecule has 0 aliphatic rings. The number of hydrogen-bond acceptors (Lipinski definition) is 1. The SMILES string of the molecule is CC(C)COCCCn1cccc1. The first kappa shape index (κ1) is 10.3. The number of hydrogen-bond donors (Lipinski definition) is 0. The van der Waals surface area contributed by atoms with Crippen molar-refractivity contribution in [2.24, 2.45) is 5.92 Å². The Labute approximate surface area is 80.5 Å². The number of aryl methyl sites for hydroxylation is 1. The molecule has 74 valence electrons. The number of rotatable bonds is 6. The van der Waals surface area contributed by atoms with Gasteiger partial charge in [-0.25, -0.2) is 0 Å². The molecular formula is C11H19NO. The summed E-state index contributed by atoms with van der Waals surface area (Å²) in [4.78, 5) is 0. The molecule has 1 heterocycles. The van der Waals surface area contributed by atoms with E-state index in [1.54, 1.807) is 0 Å². The Morgan fingerprint density at radius 1 is 1.23 bits per heavy atom. The molecule has 1 rings (SSSR count). The minimum atomic E-state index is 0.645. The van der Waals surface area contributed by atoms with Crippen LogP contribution in [0.2, 0.25) is 0 Å². The van der Waals surface area contributed by atoms with Crippen LogP contribution in [0.3, 0.4) is 0 Å². The van der Waals surface area contributed by atoms with Gasteiger partial charge in [0.1, 0.15) is 0 Å². The Bertz CT molecular complexity index is 204. The van der Waals surface area contributed by atoms with Crippen LogP contribution in [0.1, 0.15) is 20.3 Å². The second kappa shape index (κ2) is 5.81. The van der Waals surface area contributed by atoms with Gasteiger partial charge in [-0.15, -0.1) is 0 Å². The van der Waals surface area contributed by atoms with Crippen LogP contribution in [0, 0.1) is 5.92 Å². The molecule has 0 amide bonds. The van der Waals surface area contributed by atoms with Gasteiger partial charge in [0.25, 0.3) is 0 Å². The van der Waals surface area contributed by atoms with Crippen molar-refractivity contribution in [1.29, 1.82) is 0 Å². The van der Waals surface area contributed by atoms with Crippen molar-refractivity contribution in [3.05, 3.63) is 24.5 Å². The number of nitrogens with zero attached hydrogens (tertiary/aromatic N) is 1. The lowest BCUT2D eigenvalue weighted by atomic mass is 10.2. The third kappa shape index (κ3) is 4.73. The molecule has 2 heteroatoms. The van der Waals surface area contributed by atoms with Crippen molar-refractivity contribution in [2.45, 2.75) is 26.8 Å². The fourth-order valence-corrected chi connectivity index (χ4v) is 1.19. The first-order valence-electron chi connectivity index (χ1n) is 4.97. The van der Waals surface area contributed by atoms with Gasteiger partial charge in [-0.1, -0.05) is 13.8 Å². The summed E-state index contributed by atoms with van der Waals surface area (Å²) in [6.45, 7) is 7.16. The molecule has 0 N–H and O–H groups in total. The fourth-order valence-electron chi connectivity index (χ4n) is 1.19. The van der Waals surface area contributed by atoms with Crippen LogP contribution >= 0.6 is 0 Å². The van der Waals surface area contributed by atoms with Crippen molar-refractivity contribution in [2.75, 3.05) is 13.2 Å². The fraction of sp³-hybridized carbons (Fsp3) is 0.636. The third-order valence-electron chi connectivity index (χ3n) is 1.82. The van der Waals surface area contributed by atoms with E-state index in [0.29, 0.717) is 5.92 Å². The normalized spacial score (nSPS) is 11.0. The highest BCUT2D eigenvalue weighted by atomic mass is 16.5. The molecule has 0 bridgehead atoms. The van der Waals surface area contributed by atoms with Crippen molar-refractivity contribution in [3.63, 3.8) is 0 Å². The van der Waals surface area contributed by atoms with Gasteiger partial charge in [0.05, 0.1) is 0 Å². The van der Waals surface area contributed by atoms with Crippen molar-refractivity contribution in [1.82, 2.24) is 4.57 Å². The summed E-state index contributed by atoms with van der Waals surface area (Å²) in [5, 5.41) is 0. The predicted molar refractivity (Wildman–Crippen MR) is 54.7 cm³/mol. The maximum Gasteiger partial charge on any atom is 0.0489 e. The zero-order chi connectivity index (χ0) is 9.52. The minimum Gasteiger partial charge on any atom is -0.381 e. The predicted octanol–water partition coefficient (Wildman–Crippen LogP) is 2.55. The molecule has 0 saturated heterocycles. The Morgan fingerprint density at radius 3 is 2.54 bits per heavy atom. The molecule has 0 fully saturated rings. The summed E-state index contributed by atoms with van der Waals surface area (Å²) in [5.41, 5.74) is 0. The summed E-state index contributed by atoms with van der Waals surface area (Å²) < 4.78 is 7.66. The maximum atomic E-state index is 5.48. The molecular weight excluding hydrogens is 162 g/mol. The Balaban J connectivity index is 1.96. The largest absolute Gasteiger partial charge is 0.381 e. The van der Waals surface area contributed by atoms with E-state index < -0.39 is 0 Å². The van der Waals surface area contributed by atoms with Gasteiger partial charge in [-0.3, -0.25) is 0 Å². The van der Waals surface area contributed by atoms with Crippen LogP contribution in [-0.2, 0) is 11.3 Å². The van der Waals surface area contributed by atoms with Gasteiger partial charge in [0.15, 0.2) is 0 Å². The Hall–Kier alpha value is -0.760. The zero-order valence-corrected chi connectivity index (χ0v) is 8.57. The van der Waals surface area contributed by atoms with Gasteiger partial charge >= 0.3 is 0 Å². The van der Waals surface area contributed by atoms with Gasteiger partial charge in [-0.2, -0.15) is 0 Å². The van der Waals surface area contributed by atoms with Crippen LogP contribution in [-0.4, -0.2) is 17.8 Å². The summed E-state index contributed by atoms with van der Waals surface area (Å²) in [6, 6.07) is 4.10. The van der Waals surface area contributed by atoms with Crippen molar-refractivity contribution < 1.29 is 4.74 Å². The smallest absolute Gasteiger partial charge is 0.0489 e. The monoisotopic (exact) mass is 181 g/mol. The number of ether oxygens (including phenoxy) is 1. The molecule has 0 aromatic carbocycles. The standard InChI is InChI=1S/C11H19NO/c1-11(2)10-13-9-5-8-12-6-3-4-7-12/h3-4,6-7,11H,5,8-10H2,1-2H3. The van der Waals surface area contributed by atoms with E-state index in [9.17, 15) is 0 Å². The second-order valence-corrected chi connectivity index (χ2v) is 3.74. The Morgan fingerprint density at radius 2 is 1.92 bits per heavy atom. The van der Waals surface area contributed by atoms with Crippen molar-refractivity contribution in [3.8, 4) is 0 Å². The summed E-state index contributed by atoms with van der Waals surface area (Å²) >= 11 is 0. The molecule has 1 aromatic heterocycles. The number of aromatic nitrogens is 1. The molecule has 0 atom stereocenters. The highest BCUT2D eigenvalue weighted by Crippen LogP contribution is 1.96. The van der Waals surface area contributed by atoms with Gasteiger partial charge in [0.2, 0.25) is 0 Å². The summed E-state index contributed by atoms with van der Waals surface area (Å²) in [6.07, 6.45) is 5.27.